The summed E-state index contributed by atoms with van der Waals surface area (Å²) in [4.78, 5) is 32.3. The summed E-state index contributed by atoms with van der Waals surface area (Å²) in [6.45, 7) is 3.07. The number of benzene rings is 2. The Kier molecular flexibility index (Phi) is 13.8. The summed E-state index contributed by atoms with van der Waals surface area (Å²) in [5.74, 6) is 0.889. The number of pyridine rings is 2. The standard InChI is InChI=1S/C51H60N8O8/c1-32(60)65-40-25-38(66-44(26-40)37-23-43(62)49(63)46(24-37)64-20-14-35-6-3-16-53-29-35)10-8-34-9-11-42(61)45(21-34)67-39-7-2-15-51(27-39)28-48(59-30-36-13-19-54-41(36)31-59)57-50(58-51)56-17-4-5-33-12-18-55-47(52)22-33/h3,6,9,11-13,16,18-19,21-24,29,31,38-40,44,48,61-63H,2,4-5,7-8,10,14-15,17,20,25-28,30H2,1H3,(H2,52,55)(H2,56,57,58). The summed E-state index contributed by atoms with van der Waals surface area (Å²) in [6, 6.07) is 16.3. The Balaban J connectivity index is 0.852. The van der Waals surface area contributed by atoms with Crippen LogP contribution in [0, 0.1) is 0 Å². The van der Waals surface area contributed by atoms with Crippen molar-refractivity contribution in [1.29, 1.82) is 0 Å². The van der Waals surface area contributed by atoms with Crippen LogP contribution in [0.2, 0.25) is 0 Å². The van der Waals surface area contributed by atoms with Crippen LogP contribution in [-0.2, 0) is 33.5 Å². The molecule has 0 radical (unpaired) electrons. The normalized spacial score (nSPS) is 24.9. The lowest BCUT2D eigenvalue weighted by atomic mass is 9.76. The molecule has 5 aliphatic rings. The number of nitrogens with two attached hydrogens (primary N) is 1. The van der Waals surface area contributed by atoms with Gasteiger partial charge in [0.05, 0.1) is 24.5 Å². The summed E-state index contributed by atoms with van der Waals surface area (Å²) in [6.07, 6.45) is 18.5. The highest BCUT2D eigenvalue weighted by Crippen LogP contribution is 2.44. The van der Waals surface area contributed by atoms with Gasteiger partial charge in [0, 0.05) is 94.2 Å². The minimum absolute atomic E-state index is 0.00438. The second-order valence-corrected chi connectivity index (χ2v) is 18.3. The summed E-state index contributed by atoms with van der Waals surface area (Å²) >= 11 is 0. The summed E-state index contributed by atoms with van der Waals surface area (Å²) in [5, 5.41) is 40.1. The molecule has 4 aromatic rings. The zero-order chi connectivity index (χ0) is 46.3. The number of ether oxygens (including phenoxy) is 4. The number of carbonyl (C=O) groups is 1. The van der Waals surface area contributed by atoms with Gasteiger partial charge in [0.15, 0.2) is 29.0 Å². The van der Waals surface area contributed by atoms with Crippen molar-refractivity contribution >= 4 is 24.0 Å². The van der Waals surface area contributed by atoms with Crippen LogP contribution in [0.15, 0.2) is 107 Å². The van der Waals surface area contributed by atoms with E-state index in [1.165, 1.54) is 18.6 Å². The van der Waals surface area contributed by atoms with Crippen LogP contribution in [0.25, 0.3) is 0 Å². The van der Waals surface area contributed by atoms with Crippen molar-refractivity contribution < 1.29 is 39.1 Å². The van der Waals surface area contributed by atoms with Crippen molar-refractivity contribution in [3.05, 3.63) is 119 Å². The average Bonchev–Trinajstić information content (AvgIpc) is 3.93. The van der Waals surface area contributed by atoms with Gasteiger partial charge in [-0.1, -0.05) is 12.1 Å². The summed E-state index contributed by atoms with van der Waals surface area (Å²) in [5.41, 5.74) is 11.5. The molecule has 1 spiro atoms. The molecule has 352 valence electrons. The van der Waals surface area contributed by atoms with Crippen molar-refractivity contribution in [2.45, 2.75) is 120 Å². The first-order valence-electron chi connectivity index (χ1n) is 23.4. The minimum Gasteiger partial charge on any atom is -0.504 e. The minimum atomic E-state index is -0.541. The molecule has 9 rings (SSSR count). The summed E-state index contributed by atoms with van der Waals surface area (Å²) < 4.78 is 25.0. The van der Waals surface area contributed by atoms with E-state index in [1.54, 1.807) is 30.7 Å². The Morgan fingerprint density at radius 1 is 0.985 bits per heavy atom. The number of aromatic hydroxyl groups is 3. The number of fused-ring (bicyclic) bond motifs is 1. The second kappa shape index (κ2) is 20.4. The molecule has 2 aromatic carbocycles. The van der Waals surface area contributed by atoms with Gasteiger partial charge in [0.25, 0.3) is 0 Å². The molecule has 1 saturated carbocycles. The van der Waals surface area contributed by atoms with E-state index in [1.807, 2.05) is 42.6 Å². The molecule has 67 heavy (non-hydrogen) atoms. The van der Waals surface area contributed by atoms with E-state index in [0.29, 0.717) is 55.8 Å². The molecule has 0 amide bonds. The van der Waals surface area contributed by atoms with Gasteiger partial charge in [-0.05, 0) is 116 Å². The van der Waals surface area contributed by atoms with Gasteiger partial charge in [0.1, 0.15) is 24.2 Å². The van der Waals surface area contributed by atoms with Crippen LogP contribution < -0.4 is 25.8 Å². The largest absolute Gasteiger partial charge is 0.504 e. The molecule has 2 aromatic heterocycles. The SMILES string of the molecule is CC(=O)OC1CC(CCc2ccc(O)c(OC3CCCC4(C3)CC(N3C=C5N=CC=C5C3)NC(=NCCCc3ccnc(N)c3)N4)c2)OC(c2cc(O)c(O)c(OCCc3cccnc3)c2)C1. The van der Waals surface area contributed by atoms with Gasteiger partial charge in [0.2, 0.25) is 5.75 Å². The molecule has 1 aliphatic carbocycles. The number of hydrogen-bond donors (Lipinski definition) is 6. The number of carbonyl (C=O) groups excluding carboxylic acids is 1. The Bertz CT molecular complexity index is 2530. The number of rotatable bonds is 16. The number of nitrogens with one attached hydrogen (secondary N) is 2. The van der Waals surface area contributed by atoms with Crippen LogP contribution in [0.1, 0.15) is 93.1 Å². The smallest absolute Gasteiger partial charge is 0.302 e. The van der Waals surface area contributed by atoms with Gasteiger partial charge in [-0.15, -0.1) is 0 Å². The third-order valence-electron chi connectivity index (χ3n) is 13.3. The van der Waals surface area contributed by atoms with Crippen LogP contribution in [0.5, 0.6) is 28.7 Å². The monoisotopic (exact) mass is 912 g/mol. The number of hydrogen-bond acceptors (Lipinski definition) is 14. The van der Waals surface area contributed by atoms with E-state index in [0.717, 1.165) is 79.8 Å². The maximum absolute atomic E-state index is 12.2. The fraction of sp³-hybridized carbons (Fsp3) is 0.431. The van der Waals surface area contributed by atoms with E-state index in [-0.39, 0.29) is 59.5 Å². The molecule has 4 aliphatic heterocycles. The predicted molar refractivity (Wildman–Crippen MR) is 253 cm³/mol. The van der Waals surface area contributed by atoms with E-state index >= 15 is 0 Å². The first-order chi connectivity index (χ1) is 32.5. The molecule has 3 fully saturated rings. The van der Waals surface area contributed by atoms with E-state index in [9.17, 15) is 20.1 Å². The zero-order valence-electron chi connectivity index (χ0n) is 37.8. The summed E-state index contributed by atoms with van der Waals surface area (Å²) in [7, 11) is 0. The van der Waals surface area contributed by atoms with Crippen LogP contribution in [-0.4, -0.2) is 98.0 Å². The molecule has 6 heterocycles. The maximum Gasteiger partial charge on any atom is 0.302 e. The third kappa shape index (κ3) is 11.4. The Morgan fingerprint density at radius 2 is 1.88 bits per heavy atom. The van der Waals surface area contributed by atoms with E-state index in [2.05, 4.69) is 42.8 Å². The molecule has 6 unspecified atom stereocenters. The first-order valence-corrected chi connectivity index (χ1v) is 23.4. The lowest BCUT2D eigenvalue weighted by Gasteiger charge is -2.49. The lowest BCUT2D eigenvalue weighted by Crippen LogP contribution is -2.67. The fourth-order valence-electron chi connectivity index (χ4n) is 10.0. The first kappa shape index (κ1) is 45.4. The number of esters is 1. The van der Waals surface area contributed by atoms with Crippen molar-refractivity contribution in [2.75, 3.05) is 25.4 Å². The van der Waals surface area contributed by atoms with Crippen molar-refractivity contribution in [1.82, 2.24) is 25.5 Å². The Morgan fingerprint density at radius 3 is 2.72 bits per heavy atom. The highest BCUT2D eigenvalue weighted by atomic mass is 16.6. The Hall–Kier alpha value is -6.81. The number of aliphatic imine (C=N–C) groups is 2. The molecular formula is C51H60N8O8. The molecule has 0 bridgehead atoms. The quantitative estimate of drug-likeness (QED) is 0.0392. The number of nitrogens with zero attached hydrogens (tertiary/aromatic N) is 5. The number of nitrogen functional groups attached to an aromatic ring is 1. The van der Waals surface area contributed by atoms with Crippen molar-refractivity contribution in [3.63, 3.8) is 0 Å². The molecular weight excluding hydrogens is 853 g/mol. The zero-order valence-corrected chi connectivity index (χ0v) is 37.8. The highest BCUT2D eigenvalue weighted by molar-refractivity contribution is 5.82. The molecule has 16 heteroatoms. The number of anilines is 1. The lowest BCUT2D eigenvalue weighted by molar-refractivity contribution is -0.160. The predicted octanol–water partition coefficient (Wildman–Crippen LogP) is 6.71. The molecule has 16 nitrogen and oxygen atoms in total. The van der Waals surface area contributed by atoms with Crippen molar-refractivity contribution in [2.24, 2.45) is 9.98 Å². The number of guanidine groups is 1. The number of phenols is 3. The molecule has 7 N–H and O–H groups in total. The van der Waals surface area contributed by atoms with E-state index in [4.69, 9.17) is 29.7 Å². The van der Waals surface area contributed by atoms with Crippen molar-refractivity contribution in [3.8, 4) is 28.7 Å². The second-order valence-electron chi connectivity index (χ2n) is 18.3. The van der Waals surface area contributed by atoms with Gasteiger partial charge in [-0.3, -0.25) is 19.8 Å². The molecule has 6 atom stereocenters. The number of allylic oxidation sites excluding steroid dienone is 1. The van der Waals surface area contributed by atoms with Crippen LogP contribution >= 0.6 is 0 Å². The van der Waals surface area contributed by atoms with E-state index < -0.39 is 12.2 Å². The number of phenolic OH excluding ortho intramolecular Hbond substituents is 3. The molecule has 2 saturated heterocycles. The topological polar surface area (TPSA) is 218 Å². The van der Waals surface area contributed by atoms with Gasteiger partial charge in [-0.25, -0.2) is 4.98 Å². The third-order valence-corrected chi connectivity index (χ3v) is 13.3. The van der Waals surface area contributed by atoms with Crippen LogP contribution in [0.3, 0.4) is 0 Å². The van der Waals surface area contributed by atoms with Gasteiger partial charge < -0.3 is 55.5 Å². The number of aryl methyl sites for hydroxylation is 2. The van der Waals surface area contributed by atoms with Crippen LogP contribution in [0.4, 0.5) is 5.82 Å². The highest BCUT2D eigenvalue weighted by Gasteiger charge is 2.45. The van der Waals surface area contributed by atoms with Gasteiger partial charge >= 0.3 is 5.97 Å². The van der Waals surface area contributed by atoms with Gasteiger partial charge in [-0.2, -0.15) is 0 Å². The average molecular weight is 913 g/mol. The fourth-order valence-corrected chi connectivity index (χ4v) is 10.0. The Labute approximate surface area is 390 Å². The number of aromatic nitrogens is 2. The maximum atomic E-state index is 12.2.